The first-order valence-corrected chi connectivity index (χ1v) is 6.45. The summed E-state index contributed by atoms with van der Waals surface area (Å²) < 4.78 is 38.6. The van der Waals surface area contributed by atoms with Crippen molar-refractivity contribution < 1.29 is 13.2 Å². The molecule has 0 radical (unpaired) electrons. The van der Waals surface area contributed by atoms with Gasteiger partial charge in [-0.05, 0) is 18.9 Å². The normalized spacial score (nSPS) is 11.8. The summed E-state index contributed by atoms with van der Waals surface area (Å²) in [6, 6.07) is 5.62. The number of thiazole rings is 1. The van der Waals surface area contributed by atoms with E-state index in [1.807, 2.05) is 6.92 Å². The fourth-order valence-corrected chi connectivity index (χ4v) is 2.77. The van der Waals surface area contributed by atoms with Crippen molar-refractivity contribution in [2.75, 3.05) is 0 Å². The second-order valence-electron chi connectivity index (χ2n) is 3.91. The van der Waals surface area contributed by atoms with Crippen LogP contribution in [0.25, 0.3) is 10.4 Å². The highest BCUT2D eigenvalue weighted by Crippen LogP contribution is 2.38. The van der Waals surface area contributed by atoms with Crippen molar-refractivity contribution in [3.63, 3.8) is 0 Å². The molecule has 0 saturated carbocycles. The van der Waals surface area contributed by atoms with Gasteiger partial charge in [0.1, 0.15) is 0 Å². The molecule has 0 atom stereocenters. The van der Waals surface area contributed by atoms with Crippen LogP contribution in [0.5, 0.6) is 0 Å². The van der Waals surface area contributed by atoms with E-state index in [0.717, 1.165) is 23.9 Å². The number of benzene rings is 1. The summed E-state index contributed by atoms with van der Waals surface area (Å²) in [5, 5.41) is 0.879. The molecule has 0 saturated heterocycles. The largest absolute Gasteiger partial charge is 0.417 e. The van der Waals surface area contributed by atoms with Gasteiger partial charge in [-0.1, -0.05) is 25.1 Å². The molecule has 96 valence electrons. The fourth-order valence-electron chi connectivity index (χ4n) is 1.71. The minimum absolute atomic E-state index is 0.213. The van der Waals surface area contributed by atoms with E-state index in [0.29, 0.717) is 4.88 Å². The molecule has 0 aliphatic carbocycles. The summed E-state index contributed by atoms with van der Waals surface area (Å²) in [5.74, 6) is 0. The molecule has 5 heteroatoms. The van der Waals surface area contributed by atoms with E-state index in [4.69, 9.17) is 0 Å². The predicted molar refractivity (Wildman–Crippen MR) is 66.5 cm³/mol. The molecular formula is C13H12F3NS. The Hall–Kier alpha value is -1.36. The van der Waals surface area contributed by atoms with Gasteiger partial charge in [0, 0.05) is 11.8 Å². The van der Waals surface area contributed by atoms with E-state index < -0.39 is 11.7 Å². The van der Waals surface area contributed by atoms with E-state index in [1.54, 1.807) is 6.07 Å². The Labute approximate surface area is 107 Å². The molecule has 1 heterocycles. The quantitative estimate of drug-likeness (QED) is 0.782. The predicted octanol–water partition coefficient (Wildman–Crippen LogP) is 4.78. The Morgan fingerprint density at radius 1 is 1.22 bits per heavy atom. The molecule has 0 N–H and O–H groups in total. The molecule has 0 aliphatic rings. The monoisotopic (exact) mass is 271 g/mol. The maximum absolute atomic E-state index is 12.9. The van der Waals surface area contributed by atoms with Gasteiger partial charge in [-0.3, -0.25) is 0 Å². The molecule has 0 bridgehead atoms. The van der Waals surface area contributed by atoms with Crippen LogP contribution in [0.4, 0.5) is 13.2 Å². The van der Waals surface area contributed by atoms with E-state index in [-0.39, 0.29) is 5.56 Å². The van der Waals surface area contributed by atoms with Gasteiger partial charge < -0.3 is 0 Å². The number of hydrogen-bond acceptors (Lipinski definition) is 2. The first-order valence-electron chi connectivity index (χ1n) is 5.63. The molecule has 1 nitrogen and oxygen atoms in total. The van der Waals surface area contributed by atoms with Gasteiger partial charge in [0.2, 0.25) is 0 Å². The lowest BCUT2D eigenvalue weighted by Crippen LogP contribution is -2.06. The second kappa shape index (κ2) is 5.10. The third kappa shape index (κ3) is 2.72. The molecule has 1 aromatic carbocycles. The van der Waals surface area contributed by atoms with Crippen molar-refractivity contribution in [3.05, 3.63) is 41.0 Å². The number of aryl methyl sites for hydroxylation is 1. The van der Waals surface area contributed by atoms with Gasteiger partial charge in [-0.15, -0.1) is 11.3 Å². The van der Waals surface area contributed by atoms with E-state index in [9.17, 15) is 13.2 Å². The van der Waals surface area contributed by atoms with E-state index in [1.165, 1.54) is 29.7 Å². The number of rotatable bonds is 3. The Morgan fingerprint density at radius 2 is 1.94 bits per heavy atom. The smallest absolute Gasteiger partial charge is 0.249 e. The molecule has 0 spiro atoms. The summed E-state index contributed by atoms with van der Waals surface area (Å²) in [6.45, 7) is 2.02. The van der Waals surface area contributed by atoms with Gasteiger partial charge in [0.25, 0.3) is 0 Å². The fraction of sp³-hybridized carbons (Fsp3) is 0.308. The molecule has 2 rings (SSSR count). The summed E-state index contributed by atoms with van der Waals surface area (Å²) in [7, 11) is 0. The van der Waals surface area contributed by atoms with Gasteiger partial charge in [-0.25, -0.2) is 4.98 Å². The molecule has 0 unspecified atom stereocenters. The van der Waals surface area contributed by atoms with Crippen LogP contribution in [0.1, 0.15) is 23.9 Å². The first-order chi connectivity index (χ1) is 8.52. The molecule has 2 aromatic rings. The van der Waals surface area contributed by atoms with Crippen molar-refractivity contribution in [1.82, 2.24) is 4.98 Å². The van der Waals surface area contributed by atoms with Crippen molar-refractivity contribution in [1.29, 1.82) is 0 Å². The maximum Gasteiger partial charge on any atom is 0.417 e. The van der Waals surface area contributed by atoms with Gasteiger partial charge in [0.15, 0.2) is 0 Å². The lowest BCUT2D eigenvalue weighted by molar-refractivity contribution is -0.137. The number of halogens is 3. The van der Waals surface area contributed by atoms with Crippen molar-refractivity contribution in [2.24, 2.45) is 0 Å². The number of hydrogen-bond donors (Lipinski definition) is 0. The average Bonchev–Trinajstić information content (AvgIpc) is 2.77. The van der Waals surface area contributed by atoms with Crippen LogP contribution in [0.2, 0.25) is 0 Å². The van der Waals surface area contributed by atoms with Crippen molar-refractivity contribution in [2.45, 2.75) is 25.9 Å². The van der Waals surface area contributed by atoms with Crippen LogP contribution in [0, 0.1) is 0 Å². The molecule has 0 amide bonds. The number of aromatic nitrogens is 1. The van der Waals surface area contributed by atoms with E-state index in [2.05, 4.69) is 4.98 Å². The van der Waals surface area contributed by atoms with Crippen LogP contribution < -0.4 is 0 Å². The zero-order valence-corrected chi connectivity index (χ0v) is 10.6. The zero-order chi connectivity index (χ0) is 13.2. The standard InChI is InChI=1S/C13H12F3NS/c1-2-5-12-17-8-11(18-12)9-6-3-4-7-10(9)13(14,15)16/h3-4,6-8H,2,5H2,1H3. The summed E-state index contributed by atoms with van der Waals surface area (Å²) in [5.41, 5.74) is -0.387. The lowest BCUT2D eigenvalue weighted by atomic mass is 10.1. The average molecular weight is 271 g/mol. The second-order valence-corrected chi connectivity index (χ2v) is 5.03. The molecule has 0 aliphatic heterocycles. The highest BCUT2D eigenvalue weighted by atomic mass is 32.1. The van der Waals surface area contributed by atoms with Gasteiger partial charge in [0.05, 0.1) is 15.4 Å². The van der Waals surface area contributed by atoms with Crippen molar-refractivity contribution in [3.8, 4) is 10.4 Å². The van der Waals surface area contributed by atoms with Gasteiger partial charge >= 0.3 is 6.18 Å². The highest BCUT2D eigenvalue weighted by molar-refractivity contribution is 7.15. The number of nitrogens with zero attached hydrogens (tertiary/aromatic N) is 1. The minimum atomic E-state index is -4.33. The molecule has 0 fully saturated rings. The van der Waals surface area contributed by atoms with Crippen LogP contribution in [0.15, 0.2) is 30.5 Å². The third-order valence-electron chi connectivity index (χ3n) is 2.52. The topological polar surface area (TPSA) is 12.9 Å². The van der Waals surface area contributed by atoms with Crippen LogP contribution in [-0.2, 0) is 12.6 Å². The summed E-state index contributed by atoms with van der Waals surface area (Å²) >= 11 is 1.33. The SMILES string of the molecule is CCCc1ncc(-c2ccccc2C(F)(F)F)s1. The highest BCUT2D eigenvalue weighted by Gasteiger charge is 2.33. The Kier molecular flexibility index (Phi) is 3.71. The Bertz CT molecular complexity index is 531. The van der Waals surface area contributed by atoms with Crippen LogP contribution >= 0.6 is 11.3 Å². The molecular weight excluding hydrogens is 259 g/mol. The molecule has 1 aromatic heterocycles. The van der Waals surface area contributed by atoms with Crippen molar-refractivity contribution >= 4 is 11.3 Å². The summed E-state index contributed by atoms with van der Waals surface area (Å²) in [6.07, 6.45) is -1.06. The Balaban J connectivity index is 2.43. The van der Waals surface area contributed by atoms with Crippen LogP contribution in [-0.4, -0.2) is 4.98 Å². The third-order valence-corrected chi connectivity index (χ3v) is 3.61. The zero-order valence-electron chi connectivity index (χ0n) is 9.79. The first kappa shape index (κ1) is 13.1. The Morgan fingerprint density at radius 3 is 2.61 bits per heavy atom. The van der Waals surface area contributed by atoms with Gasteiger partial charge in [-0.2, -0.15) is 13.2 Å². The lowest BCUT2D eigenvalue weighted by Gasteiger charge is -2.10. The maximum atomic E-state index is 12.9. The van der Waals surface area contributed by atoms with E-state index >= 15 is 0 Å². The molecule has 18 heavy (non-hydrogen) atoms. The van der Waals surface area contributed by atoms with Crippen LogP contribution in [0.3, 0.4) is 0 Å². The minimum Gasteiger partial charge on any atom is -0.249 e. The summed E-state index contributed by atoms with van der Waals surface area (Å²) in [4.78, 5) is 4.73. The number of alkyl halides is 3.